The molecule has 1 amide bonds. The normalized spacial score (nSPS) is 16.8. The van der Waals surface area contributed by atoms with E-state index in [4.69, 9.17) is 11.1 Å². The van der Waals surface area contributed by atoms with Gasteiger partial charge in [0.1, 0.15) is 6.04 Å². The van der Waals surface area contributed by atoms with Gasteiger partial charge < -0.3 is 20.9 Å². The Morgan fingerprint density at radius 2 is 1.95 bits per heavy atom. The average Bonchev–Trinajstić information content (AvgIpc) is 3.32. The molecule has 1 fully saturated rings. The molecule has 4 aromatic rings. The molecular formula is C29H34N6O3S. The van der Waals surface area contributed by atoms with Crippen molar-refractivity contribution in [3.63, 3.8) is 0 Å². The molecular weight excluding hydrogens is 512 g/mol. The summed E-state index contributed by atoms with van der Waals surface area (Å²) in [5, 5.41) is 13.4. The van der Waals surface area contributed by atoms with Crippen LogP contribution in [0.15, 0.2) is 71.8 Å². The van der Waals surface area contributed by atoms with Gasteiger partial charge >= 0.3 is 0 Å². The summed E-state index contributed by atoms with van der Waals surface area (Å²) in [6.07, 6.45) is 3.80. The van der Waals surface area contributed by atoms with Gasteiger partial charge in [0.15, 0.2) is 5.96 Å². The number of aryl methyl sites for hydroxylation is 1. The number of guanidine groups is 1. The van der Waals surface area contributed by atoms with Gasteiger partial charge in [-0.25, -0.2) is 8.42 Å². The summed E-state index contributed by atoms with van der Waals surface area (Å²) in [7, 11) is -4.00. The lowest BCUT2D eigenvalue weighted by atomic mass is 9.98. The fourth-order valence-corrected chi connectivity index (χ4v) is 6.51. The number of carbonyl (C=O) groups excluding carboxylic acids is 1. The molecule has 0 saturated carbocycles. The monoisotopic (exact) mass is 546 g/mol. The summed E-state index contributed by atoms with van der Waals surface area (Å²) < 4.78 is 29.7. The molecule has 2 heterocycles. The van der Waals surface area contributed by atoms with Crippen LogP contribution in [0.5, 0.6) is 0 Å². The number of H-pyrrole nitrogens is 1. The van der Waals surface area contributed by atoms with Crippen molar-refractivity contribution in [1.29, 1.82) is 5.41 Å². The van der Waals surface area contributed by atoms with Gasteiger partial charge in [-0.2, -0.15) is 4.72 Å². The number of piperidine rings is 1. The van der Waals surface area contributed by atoms with E-state index in [-0.39, 0.29) is 29.1 Å². The number of hydrogen-bond acceptors (Lipinski definition) is 4. The minimum absolute atomic E-state index is 0.0293. The Morgan fingerprint density at radius 1 is 1.15 bits per heavy atom. The van der Waals surface area contributed by atoms with Crippen molar-refractivity contribution in [3.8, 4) is 0 Å². The number of likely N-dealkylation sites (tertiary alicyclic amines) is 1. The Kier molecular flexibility index (Phi) is 7.58. The van der Waals surface area contributed by atoms with Crippen molar-refractivity contribution in [3.05, 3.63) is 78.0 Å². The van der Waals surface area contributed by atoms with E-state index in [1.54, 1.807) is 23.1 Å². The van der Waals surface area contributed by atoms with Gasteiger partial charge in [0.05, 0.1) is 4.90 Å². The summed E-state index contributed by atoms with van der Waals surface area (Å²) in [5.74, 6) is -0.233. The van der Waals surface area contributed by atoms with Crippen LogP contribution in [0.25, 0.3) is 21.7 Å². The number of fused-ring (bicyclic) bond motifs is 2. The first kappa shape index (κ1) is 26.7. The second-order valence-corrected chi connectivity index (χ2v) is 12.0. The van der Waals surface area contributed by atoms with Crippen molar-refractivity contribution < 1.29 is 13.2 Å². The van der Waals surface area contributed by atoms with Gasteiger partial charge in [0, 0.05) is 36.7 Å². The second kappa shape index (κ2) is 11.1. The lowest BCUT2D eigenvalue weighted by Crippen LogP contribution is -2.51. The predicted molar refractivity (Wildman–Crippen MR) is 154 cm³/mol. The van der Waals surface area contributed by atoms with E-state index in [2.05, 4.69) is 15.0 Å². The smallest absolute Gasteiger partial charge is 0.241 e. The molecule has 3 aromatic carbocycles. The molecule has 0 bridgehead atoms. The predicted octanol–water partition coefficient (Wildman–Crippen LogP) is 3.24. The SMILES string of the molecule is Cc1ccc2[nH]cc(CC(NS(=O)(=O)c3ccc4ccccc4c3)C(=O)NCC3CCCN(C(=N)N)C3)c2c1. The van der Waals surface area contributed by atoms with Crippen LogP contribution in [-0.2, 0) is 21.2 Å². The number of nitrogens with two attached hydrogens (primary N) is 1. The Bertz CT molecular complexity index is 1630. The lowest BCUT2D eigenvalue weighted by Gasteiger charge is -2.33. The quantitative estimate of drug-likeness (QED) is 0.170. The van der Waals surface area contributed by atoms with E-state index in [0.717, 1.165) is 52.2 Å². The fraction of sp³-hybridized carbons (Fsp3) is 0.310. The zero-order valence-corrected chi connectivity index (χ0v) is 22.7. The average molecular weight is 547 g/mol. The number of nitrogens with one attached hydrogen (secondary N) is 4. The van der Waals surface area contributed by atoms with Crippen molar-refractivity contribution in [2.75, 3.05) is 19.6 Å². The molecule has 2 unspecified atom stereocenters. The van der Waals surface area contributed by atoms with Gasteiger partial charge in [-0.1, -0.05) is 42.0 Å². The Morgan fingerprint density at radius 3 is 2.74 bits per heavy atom. The summed E-state index contributed by atoms with van der Waals surface area (Å²) >= 11 is 0. The van der Waals surface area contributed by atoms with Gasteiger partial charge in [0.25, 0.3) is 0 Å². The summed E-state index contributed by atoms with van der Waals surface area (Å²) in [6, 6.07) is 17.5. The first-order valence-corrected chi connectivity index (χ1v) is 14.6. The highest BCUT2D eigenvalue weighted by atomic mass is 32.2. The maximum Gasteiger partial charge on any atom is 0.241 e. The van der Waals surface area contributed by atoms with E-state index < -0.39 is 16.1 Å². The molecule has 39 heavy (non-hydrogen) atoms. The first-order chi connectivity index (χ1) is 18.7. The number of aromatic amines is 1. The largest absolute Gasteiger partial charge is 0.370 e. The minimum atomic E-state index is -4.00. The van der Waals surface area contributed by atoms with Crippen LogP contribution in [0.2, 0.25) is 0 Å². The number of aromatic nitrogens is 1. The van der Waals surface area contributed by atoms with E-state index >= 15 is 0 Å². The molecule has 0 spiro atoms. The molecule has 204 valence electrons. The van der Waals surface area contributed by atoms with E-state index in [9.17, 15) is 13.2 Å². The standard InChI is InChI=1S/C29H34N6O3S/c1-19-8-11-26-25(13-19)23(17-32-26)15-27(28(36)33-16-20-5-4-12-35(18-20)29(30)31)34-39(37,38)24-10-9-21-6-2-3-7-22(21)14-24/h2-3,6-11,13-14,17,20,27,32,34H,4-5,12,15-16,18H2,1H3,(H3,30,31)(H,33,36). The highest BCUT2D eigenvalue weighted by Crippen LogP contribution is 2.23. The number of nitrogens with zero attached hydrogens (tertiary/aromatic N) is 1. The molecule has 6 N–H and O–H groups in total. The molecule has 5 rings (SSSR count). The molecule has 1 saturated heterocycles. The third-order valence-corrected chi connectivity index (χ3v) is 8.89. The van der Waals surface area contributed by atoms with Crippen molar-refractivity contribution in [2.45, 2.75) is 37.1 Å². The van der Waals surface area contributed by atoms with Crippen LogP contribution in [0.1, 0.15) is 24.0 Å². The highest BCUT2D eigenvalue weighted by Gasteiger charge is 2.28. The maximum absolute atomic E-state index is 13.5. The van der Waals surface area contributed by atoms with Crippen LogP contribution in [0.4, 0.5) is 0 Å². The highest BCUT2D eigenvalue weighted by molar-refractivity contribution is 7.89. The van der Waals surface area contributed by atoms with E-state index in [0.29, 0.717) is 13.1 Å². The zero-order valence-electron chi connectivity index (χ0n) is 21.9. The third-order valence-electron chi connectivity index (χ3n) is 7.42. The molecule has 10 heteroatoms. The zero-order chi connectivity index (χ0) is 27.6. The number of amides is 1. The Hall–Kier alpha value is -3.89. The topological polar surface area (TPSA) is 144 Å². The number of carbonyl (C=O) groups is 1. The number of benzene rings is 3. The lowest BCUT2D eigenvalue weighted by molar-refractivity contribution is -0.122. The van der Waals surface area contributed by atoms with E-state index in [1.807, 2.05) is 55.6 Å². The van der Waals surface area contributed by atoms with Gasteiger partial charge in [-0.3, -0.25) is 10.2 Å². The van der Waals surface area contributed by atoms with Crippen molar-refractivity contribution >= 4 is 43.6 Å². The number of hydrogen-bond donors (Lipinski definition) is 5. The summed E-state index contributed by atoms with van der Waals surface area (Å²) in [5.41, 5.74) is 8.53. The van der Waals surface area contributed by atoms with Crippen LogP contribution in [0.3, 0.4) is 0 Å². The molecule has 2 atom stereocenters. The molecule has 9 nitrogen and oxygen atoms in total. The Balaban J connectivity index is 1.39. The van der Waals surface area contributed by atoms with Crippen molar-refractivity contribution in [2.24, 2.45) is 11.7 Å². The van der Waals surface area contributed by atoms with Gasteiger partial charge in [-0.05, 0) is 72.7 Å². The summed E-state index contributed by atoms with van der Waals surface area (Å²) in [6.45, 7) is 3.69. The molecule has 1 aromatic heterocycles. The molecule has 0 aliphatic carbocycles. The van der Waals surface area contributed by atoms with Gasteiger partial charge in [-0.15, -0.1) is 0 Å². The summed E-state index contributed by atoms with van der Waals surface area (Å²) in [4.78, 5) is 18.7. The molecule has 1 aliphatic rings. The first-order valence-electron chi connectivity index (χ1n) is 13.1. The molecule has 0 radical (unpaired) electrons. The Labute approximate surface area is 228 Å². The van der Waals surface area contributed by atoms with Crippen LogP contribution < -0.4 is 15.8 Å². The second-order valence-electron chi connectivity index (χ2n) is 10.3. The third kappa shape index (κ3) is 6.07. The number of rotatable bonds is 8. The van der Waals surface area contributed by atoms with E-state index in [1.165, 1.54) is 0 Å². The van der Waals surface area contributed by atoms with Crippen LogP contribution in [-0.4, -0.2) is 55.8 Å². The number of sulfonamides is 1. The van der Waals surface area contributed by atoms with Gasteiger partial charge in [0.2, 0.25) is 15.9 Å². The minimum Gasteiger partial charge on any atom is -0.370 e. The van der Waals surface area contributed by atoms with Crippen molar-refractivity contribution in [1.82, 2.24) is 19.9 Å². The maximum atomic E-state index is 13.5. The molecule has 1 aliphatic heterocycles. The van der Waals surface area contributed by atoms with Crippen LogP contribution >= 0.6 is 0 Å². The fourth-order valence-electron chi connectivity index (χ4n) is 5.28. The van der Waals surface area contributed by atoms with Crippen LogP contribution in [0, 0.1) is 18.3 Å².